The van der Waals surface area contributed by atoms with Crippen molar-refractivity contribution < 1.29 is 14.3 Å². The Hall–Kier alpha value is -3.01. The van der Waals surface area contributed by atoms with Gasteiger partial charge in [0.25, 0.3) is 5.79 Å². The molecule has 1 amide bonds. The monoisotopic (exact) mass is 408 g/mol. The van der Waals surface area contributed by atoms with E-state index in [9.17, 15) is 4.79 Å². The highest BCUT2D eigenvalue weighted by Crippen LogP contribution is 2.46. The number of benzene rings is 1. The number of carbonyl (C=O) groups excluding carboxylic acids is 1. The Morgan fingerprint density at radius 3 is 2.77 bits per heavy atom. The van der Waals surface area contributed by atoms with E-state index in [1.165, 1.54) is 6.42 Å². The molecular weight excluding hydrogens is 380 g/mol. The van der Waals surface area contributed by atoms with Crippen molar-refractivity contribution in [2.45, 2.75) is 77.5 Å². The highest BCUT2D eigenvalue weighted by molar-refractivity contribution is 5.91. The smallest absolute Gasteiger partial charge is 0.251 e. The van der Waals surface area contributed by atoms with Crippen LogP contribution in [0.3, 0.4) is 0 Å². The maximum absolute atomic E-state index is 12.5. The van der Waals surface area contributed by atoms with Gasteiger partial charge in [-0.2, -0.15) is 10.4 Å². The molecule has 1 aliphatic carbocycles. The predicted molar refractivity (Wildman–Crippen MR) is 112 cm³/mol. The third-order valence-electron chi connectivity index (χ3n) is 6.00. The first-order valence-corrected chi connectivity index (χ1v) is 10.7. The Morgan fingerprint density at radius 2 is 2.00 bits per heavy atom. The first-order valence-electron chi connectivity index (χ1n) is 10.7. The van der Waals surface area contributed by atoms with Gasteiger partial charge in [0.2, 0.25) is 5.91 Å². The van der Waals surface area contributed by atoms with E-state index in [4.69, 9.17) is 14.7 Å². The molecule has 1 N–H and O–H groups in total. The molecule has 2 heterocycles. The van der Waals surface area contributed by atoms with Crippen molar-refractivity contribution in [3.8, 4) is 17.6 Å². The Labute approximate surface area is 177 Å². The number of carbonyl (C=O) groups is 1. The summed E-state index contributed by atoms with van der Waals surface area (Å²) in [4.78, 5) is 12.5. The number of aromatic nitrogens is 2. The van der Waals surface area contributed by atoms with Crippen molar-refractivity contribution in [2.24, 2.45) is 0 Å². The molecule has 0 saturated heterocycles. The van der Waals surface area contributed by atoms with Crippen LogP contribution in [0.15, 0.2) is 18.2 Å². The van der Waals surface area contributed by atoms with Gasteiger partial charge in [-0.15, -0.1) is 0 Å². The fraction of sp³-hybridized carbons (Fsp3) is 0.522. The van der Waals surface area contributed by atoms with Crippen LogP contribution in [0, 0.1) is 25.2 Å². The summed E-state index contributed by atoms with van der Waals surface area (Å²) in [5, 5.41) is 16.2. The van der Waals surface area contributed by atoms with Gasteiger partial charge in [-0.1, -0.05) is 6.42 Å². The topological polar surface area (TPSA) is 89.2 Å². The maximum Gasteiger partial charge on any atom is 0.251 e. The molecule has 0 bridgehead atoms. The molecule has 1 aliphatic heterocycles. The molecule has 2 aliphatic rings. The molecule has 0 radical (unpaired) electrons. The minimum absolute atomic E-state index is 0.0511. The van der Waals surface area contributed by atoms with Crippen molar-refractivity contribution >= 4 is 11.6 Å². The van der Waals surface area contributed by atoms with Gasteiger partial charge >= 0.3 is 0 Å². The lowest BCUT2D eigenvalue weighted by molar-refractivity contribution is -0.116. The van der Waals surface area contributed by atoms with Gasteiger partial charge < -0.3 is 14.8 Å². The number of hydrogen-bond acceptors (Lipinski definition) is 5. The summed E-state index contributed by atoms with van der Waals surface area (Å²) < 4.78 is 14.1. The molecule has 1 fully saturated rings. The van der Waals surface area contributed by atoms with Crippen LogP contribution in [0.4, 0.5) is 5.69 Å². The Bertz CT molecular complexity index is 983. The van der Waals surface area contributed by atoms with Crippen LogP contribution in [-0.2, 0) is 17.8 Å². The fourth-order valence-electron chi connectivity index (χ4n) is 4.40. The zero-order valence-electron chi connectivity index (χ0n) is 17.7. The minimum atomic E-state index is -0.510. The zero-order chi connectivity index (χ0) is 21.1. The Morgan fingerprint density at radius 1 is 1.23 bits per heavy atom. The van der Waals surface area contributed by atoms with Gasteiger partial charge in [-0.3, -0.25) is 9.48 Å². The molecule has 158 valence electrons. The summed E-state index contributed by atoms with van der Waals surface area (Å²) in [6, 6.07) is 7.73. The second-order valence-corrected chi connectivity index (χ2v) is 8.17. The molecule has 1 aromatic heterocycles. The summed E-state index contributed by atoms with van der Waals surface area (Å²) in [6.07, 6.45) is 6.67. The summed E-state index contributed by atoms with van der Waals surface area (Å²) >= 11 is 0. The SMILES string of the molecule is Cc1nn(CCC#N)c(C)c1CCC(=O)Nc1ccc2c(c1)OC1(CCCCC1)O2. The second-order valence-electron chi connectivity index (χ2n) is 8.17. The fourth-order valence-corrected chi connectivity index (χ4v) is 4.40. The van der Waals surface area contributed by atoms with Crippen LogP contribution in [0.25, 0.3) is 0 Å². The number of fused-ring (bicyclic) bond motifs is 1. The van der Waals surface area contributed by atoms with E-state index < -0.39 is 5.79 Å². The number of anilines is 1. The number of aryl methyl sites for hydroxylation is 2. The standard InChI is InChI=1S/C23H28N4O3/c1-16-19(17(2)27(26-16)14-6-13-24)8-10-22(28)25-18-7-9-20-21(15-18)30-23(29-20)11-4-3-5-12-23/h7,9,15H,3-6,8,10-12,14H2,1-2H3,(H,25,28). The van der Waals surface area contributed by atoms with Crippen LogP contribution in [0.1, 0.15) is 61.9 Å². The van der Waals surface area contributed by atoms with Crippen LogP contribution in [0.5, 0.6) is 11.5 Å². The molecule has 7 heteroatoms. The number of nitrogens with one attached hydrogen (secondary N) is 1. The second kappa shape index (κ2) is 8.39. The lowest BCUT2D eigenvalue weighted by Crippen LogP contribution is -2.40. The molecule has 1 aromatic carbocycles. The average Bonchev–Trinajstić information content (AvgIpc) is 3.21. The van der Waals surface area contributed by atoms with Crippen molar-refractivity contribution in [2.75, 3.05) is 5.32 Å². The molecule has 7 nitrogen and oxygen atoms in total. The summed E-state index contributed by atoms with van der Waals surface area (Å²) in [5.74, 6) is 0.903. The Kier molecular flexibility index (Phi) is 5.67. The van der Waals surface area contributed by atoms with Crippen molar-refractivity contribution in [3.05, 3.63) is 35.2 Å². The molecule has 2 aromatic rings. The van der Waals surface area contributed by atoms with E-state index >= 15 is 0 Å². The van der Waals surface area contributed by atoms with Crippen LogP contribution >= 0.6 is 0 Å². The molecule has 4 rings (SSSR count). The highest BCUT2D eigenvalue weighted by Gasteiger charge is 2.42. The molecule has 1 saturated carbocycles. The number of nitrogens with zero attached hydrogens (tertiary/aromatic N) is 3. The quantitative estimate of drug-likeness (QED) is 0.764. The van der Waals surface area contributed by atoms with Crippen molar-refractivity contribution in [1.29, 1.82) is 5.26 Å². The van der Waals surface area contributed by atoms with Crippen molar-refractivity contribution in [1.82, 2.24) is 9.78 Å². The summed E-state index contributed by atoms with van der Waals surface area (Å²) in [7, 11) is 0. The number of ether oxygens (including phenoxy) is 2. The van der Waals surface area contributed by atoms with Gasteiger partial charge in [0, 0.05) is 36.7 Å². The Balaban J connectivity index is 1.35. The normalized spacial score (nSPS) is 16.4. The first kappa shape index (κ1) is 20.3. The van der Waals surface area contributed by atoms with Gasteiger partial charge in [0.1, 0.15) is 0 Å². The van der Waals surface area contributed by atoms with E-state index in [1.54, 1.807) is 0 Å². The summed E-state index contributed by atoms with van der Waals surface area (Å²) in [6.45, 7) is 4.51. The minimum Gasteiger partial charge on any atom is -0.448 e. The first-order chi connectivity index (χ1) is 14.5. The lowest BCUT2D eigenvalue weighted by atomic mass is 9.94. The number of amides is 1. The highest BCUT2D eigenvalue weighted by atomic mass is 16.7. The summed E-state index contributed by atoms with van der Waals surface area (Å²) in [5.41, 5.74) is 3.73. The maximum atomic E-state index is 12.5. The zero-order valence-corrected chi connectivity index (χ0v) is 17.7. The van der Waals surface area contributed by atoms with E-state index in [2.05, 4.69) is 16.5 Å². The van der Waals surface area contributed by atoms with Crippen molar-refractivity contribution in [3.63, 3.8) is 0 Å². The third-order valence-corrected chi connectivity index (χ3v) is 6.00. The number of rotatable bonds is 6. The van der Waals surface area contributed by atoms with E-state index in [1.807, 2.05) is 36.7 Å². The van der Waals surface area contributed by atoms with E-state index in [-0.39, 0.29) is 5.91 Å². The van der Waals surface area contributed by atoms with Crippen LogP contribution < -0.4 is 14.8 Å². The number of hydrogen-bond donors (Lipinski definition) is 1. The largest absolute Gasteiger partial charge is 0.448 e. The van der Waals surface area contributed by atoms with Crippen LogP contribution in [0.2, 0.25) is 0 Å². The third kappa shape index (κ3) is 4.13. The predicted octanol–water partition coefficient (Wildman–Crippen LogP) is 4.42. The van der Waals surface area contributed by atoms with Crippen LogP contribution in [-0.4, -0.2) is 21.5 Å². The molecule has 30 heavy (non-hydrogen) atoms. The van der Waals surface area contributed by atoms with Gasteiger partial charge in [-0.25, -0.2) is 0 Å². The van der Waals surface area contributed by atoms with Gasteiger partial charge in [-0.05, 0) is 50.8 Å². The van der Waals surface area contributed by atoms with Gasteiger partial charge in [0.05, 0.1) is 24.7 Å². The molecular formula is C23H28N4O3. The molecule has 0 atom stereocenters. The van der Waals surface area contributed by atoms with E-state index in [0.29, 0.717) is 37.2 Å². The number of nitriles is 1. The van der Waals surface area contributed by atoms with E-state index in [0.717, 1.165) is 48.4 Å². The lowest BCUT2D eigenvalue weighted by Gasteiger charge is -2.31. The van der Waals surface area contributed by atoms with Gasteiger partial charge in [0.15, 0.2) is 11.5 Å². The molecule has 1 spiro atoms. The molecule has 0 unspecified atom stereocenters. The average molecular weight is 409 g/mol.